The van der Waals surface area contributed by atoms with Gasteiger partial charge in [0.05, 0.1) is 18.7 Å². The topological polar surface area (TPSA) is 22.2 Å². The van der Waals surface area contributed by atoms with E-state index in [4.69, 9.17) is 4.74 Å². The van der Waals surface area contributed by atoms with Gasteiger partial charge < -0.3 is 14.5 Å². The van der Waals surface area contributed by atoms with E-state index in [1.165, 1.54) is 80.4 Å². The maximum atomic E-state index is 6.22. The molecule has 61 heavy (non-hydrogen) atoms. The summed E-state index contributed by atoms with van der Waals surface area (Å²) in [5.41, 5.74) is 4.61. The second-order valence-corrected chi connectivity index (χ2v) is 18.4. The smallest absolute Gasteiger partial charge is 0.123 e. The van der Waals surface area contributed by atoms with Gasteiger partial charge in [0.25, 0.3) is 0 Å². The van der Waals surface area contributed by atoms with E-state index in [0.29, 0.717) is 12.1 Å². The minimum Gasteiger partial charge on any atom is -0.496 e. The van der Waals surface area contributed by atoms with E-state index >= 15 is 0 Å². The summed E-state index contributed by atoms with van der Waals surface area (Å²) in [6, 6.07) is 55.7. The van der Waals surface area contributed by atoms with Crippen LogP contribution in [0.2, 0.25) is 0 Å². The molecule has 7 aromatic carbocycles. The zero-order chi connectivity index (χ0) is 41.9. The number of likely N-dealkylation sites (tertiary alicyclic amines) is 2. The number of halogens is 1. The van der Waals surface area contributed by atoms with Crippen molar-refractivity contribution in [3.8, 4) is 5.75 Å². The quantitative estimate of drug-likeness (QED) is 0.102. The minimum atomic E-state index is -0.565. The first-order valence-corrected chi connectivity index (χ1v) is 23.4. The molecule has 9 rings (SSSR count). The predicted octanol–water partition coefficient (Wildman–Crippen LogP) is 12.9. The van der Waals surface area contributed by atoms with Gasteiger partial charge in [-0.3, -0.25) is 9.80 Å². The van der Waals surface area contributed by atoms with Crippen LogP contribution in [0.25, 0.3) is 32.3 Å². The fraction of sp³-hybridized carbons (Fsp3) is 0.345. The Hall–Kier alpha value is -4.72. The van der Waals surface area contributed by atoms with E-state index in [1.54, 1.807) is 0 Å². The third kappa shape index (κ3) is 8.09. The molecule has 4 unspecified atom stereocenters. The summed E-state index contributed by atoms with van der Waals surface area (Å²) in [7, 11) is 4.24. The van der Waals surface area contributed by atoms with Crippen LogP contribution in [0.4, 0.5) is 5.69 Å². The number of nitrogens with zero attached hydrogens (tertiary/aromatic N) is 4. The van der Waals surface area contributed by atoms with Crippen LogP contribution in [0.5, 0.6) is 5.75 Å². The molecule has 0 aliphatic carbocycles. The molecule has 7 aromatic rings. The van der Waals surface area contributed by atoms with Crippen LogP contribution in [-0.4, -0.2) is 73.7 Å². The van der Waals surface area contributed by atoms with E-state index < -0.39 is 5.54 Å². The summed E-state index contributed by atoms with van der Waals surface area (Å²) in [6.45, 7) is 10.7. The second kappa shape index (κ2) is 18.3. The van der Waals surface area contributed by atoms with E-state index in [0.717, 1.165) is 55.9 Å². The normalized spacial score (nSPS) is 18.9. The van der Waals surface area contributed by atoms with Gasteiger partial charge in [0.15, 0.2) is 0 Å². The van der Waals surface area contributed by atoms with Crippen LogP contribution in [0.15, 0.2) is 150 Å². The Morgan fingerprint density at radius 2 is 1.30 bits per heavy atom. The number of hydrogen-bond acceptors (Lipinski definition) is 5. The summed E-state index contributed by atoms with van der Waals surface area (Å²) in [6.07, 6.45) is 5.77. The van der Waals surface area contributed by atoms with Gasteiger partial charge in [-0.1, -0.05) is 145 Å². The fourth-order valence-corrected chi connectivity index (χ4v) is 11.8. The Balaban J connectivity index is 1.41. The Labute approximate surface area is 372 Å². The standard InChI is InChI=1S/C55H61BrN4O/c1-5-58-33-15-23-47(58)37-55(52-28-14-22-42-19-10-12-26-50(42)52,57(3)46-31-29-40-17-7-8-20-43(40)36-46)54(51-27-13-21-41-18-9-11-25-49(41)51)60(39-48-24-16-34-59(48)6-2)38-44-35-45(56)30-32-53(44)61-4/h7-14,17-22,25-32,35-36,47-48,54H,5-6,15-16,23-24,33-34,37-39H2,1-4H3. The van der Waals surface area contributed by atoms with Crippen molar-refractivity contribution in [2.75, 3.05) is 51.8 Å². The van der Waals surface area contributed by atoms with Crippen LogP contribution < -0.4 is 9.64 Å². The van der Waals surface area contributed by atoms with E-state index in [1.807, 2.05) is 7.11 Å². The minimum absolute atomic E-state index is 0.0943. The van der Waals surface area contributed by atoms with Gasteiger partial charge >= 0.3 is 0 Å². The van der Waals surface area contributed by atoms with Gasteiger partial charge in [-0.25, -0.2) is 0 Å². The molecule has 2 saturated heterocycles. The number of likely N-dealkylation sites (N-methyl/N-ethyl adjacent to an activating group) is 2. The van der Waals surface area contributed by atoms with Crippen molar-refractivity contribution in [2.24, 2.45) is 0 Å². The lowest BCUT2D eigenvalue weighted by atomic mass is 9.70. The monoisotopic (exact) mass is 872 g/mol. The molecule has 0 spiro atoms. The Morgan fingerprint density at radius 1 is 0.672 bits per heavy atom. The zero-order valence-electron chi connectivity index (χ0n) is 36.4. The summed E-state index contributed by atoms with van der Waals surface area (Å²) in [5.74, 6) is 0.926. The Morgan fingerprint density at radius 3 is 2.03 bits per heavy atom. The average molecular weight is 874 g/mol. The third-order valence-corrected chi connectivity index (χ3v) is 14.8. The van der Waals surface area contributed by atoms with Crippen molar-refractivity contribution in [3.63, 3.8) is 0 Å². The molecule has 0 N–H and O–H groups in total. The van der Waals surface area contributed by atoms with Crippen molar-refractivity contribution >= 4 is 53.9 Å². The van der Waals surface area contributed by atoms with E-state index in [2.05, 4.69) is 202 Å². The molecular formula is C55H61BrN4O. The first-order valence-electron chi connectivity index (χ1n) is 22.6. The van der Waals surface area contributed by atoms with E-state index in [-0.39, 0.29) is 6.04 Å². The van der Waals surface area contributed by atoms with Gasteiger partial charge in [0.1, 0.15) is 5.75 Å². The van der Waals surface area contributed by atoms with Gasteiger partial charge in [-0.2, -0.15) is 0 Å². The maximum absolute atomic E-state index is 6.22. The molecule has 314 valence electrons. The highest BCUT2D eigenvalue weighted by Crippen LogP contribution is 2.54. The van der Waals surface area contributed by atoms with Gasteiger partial charge in [0, 0.05) is 47.9 Å². The molecule has 4 atom stereocenters. The molecule has 6 heteroatoms. The van der Waals surface area contributed by atoms with E-state index in [9.17, 15) is 0 Å². The Bertz CT molecular complexity index is 2600. The summed E-state index contributed by atoms with van der Waals surface area (Å²) >= 11 is 3.89. The Kier molecular flexibility index (Phi) is 12.5. The molecule has 5 nitrogen and oxygen atoms in total. The van der Waals surface area contributed by atoms with Crippen molar-refractivity contribution in [2.45, 2.75) is 76.2 Å². The lowest BCUT2D eigenvalue weighted by Gasteiger charge is -2.55. The van der Waals surface area contributed by atoms with Crippen molar-refractivity contribution in [1.29, 1.82) is 0 Å². The molecule has 0 amide bonds. The molecular weight excluding hydrogens is 813 g/mol. The zero-order valence-corrected chi connectivity index (χ0v) is 38.0. The molecule has 0 radical (unpaired) electrons. The van der Waals surface area contributed by atoms with Crippen LogP contribution >= 0.6 is 15.9 Å². The number of anilines is 1. The van der Waals surface area contributed by atoms with Gasteiger partial charge in [0.2, 0.25) is 0 Å². The lowest BCUT2D eigenvalue weighted by molar-refractivity contribution is 0.0591. The summed E-state index contributed by atoms with van der Waals surface area (Å²) < 4.78 is 7.28. The average Bonchev–Trinajstić information content (AvgIpc) is 3.97. The first-order chi connectivity index (χ1) is 29.9. The van der Waals surface area contributed by atoms with Gasteiger partial charge in [-0.15, -0.1) is 0 Å². The van der Waals surface area contributed by atoms with Crippen molar-refractivity contribution in [1.82, 2.24) is 14.7 Å². The predicted molar refractivity (Wildman–Crippen MR) is 261 cm³/mol. The molecule has 2 fully saturated rings. The largest absolute Gasteiger partial charge is 0.496 e. The fourth-order valence-electron chi connectivity index (χ4n) is 11.4. The molecule has 0 saturated carbocycles. The maximum Gasteiger partial charge on any atom is 0.123 e. The molecule has 0 bridgehead atoms. The summed E-state index contributed by atoms with van der Waals surface area (Å²) in [5, 5.41) is 7.71. The molecule has 2 aliphatic rings. The highest BCUT2D eigenvalue weighted by molar-refractivity contribution is 9.10. The second-order valence-electron chi connectivity index (χ2n) is 17.5. The number of benzene rings is 7. The van der Waals surface area contributed by atoms with Crippen LogP contribution in [0.1, 0.15) is 68.7 Å². The van der Waals surface area contributed by atoms with Crippen molar-refractivity contribution < 1.29 is 4.74 Å². The molecule has 0 aromatic heterocycles. The number of methoxy groups -OCH3 is 1. The highest BCUT2D eigenvalue weighted by atomic mass is 79.9. The number of hydrogen-bond donors (Lipinski definition) is 0. The van der Waals surface area contributed by atoms with Crippen LogP contribution in [0, 0.1) is 0 Å². The highest BCUT2D eigenvalue weighted by Gasteiger charge is 2.52. The number of rotatable bonds is 15. The van der Waals surface area contributed by atoms with Crippen molar-refractivity contribution in [3.05, 3.63) is 167 Å². The van der Waals surface area contributed by atoms with Crippen LogP contribution in [0.3, 0.4) is 0 Å². The van der Waals surface area contributed by atoms with Gasteiger partial charge in [-0.05, 0) is 132 Å². The third-order valence-electron chi connectivity index (χ3n) is 14.3. The molecule has 2 heterocycles. The molecule has 2 aliphatic heterocycles. The number of fused-ring (bicyclic) bond motifs is 3. The first kappa shape index (κ1) is 41.6. The number of ether oxygens (including phenoxy) is 1. The van der Waals surface area contributed by atoms with Crippen LogP contribution in [-0.2, 0) is 12.1 Å². The lowest BCUT2D eigenvalue weighted by Crippen LogP contribution is -2.58. The SMILES string of the molecule is CCN1CCCC1CN(Cc1cc(Br)ccc1OC)C(c1cccc2ccccc12)C(CC1CCCN1CC)(c1cccc2ccccc12)N(C)c1ccc2ccccc2c1. The summed E-state index contributed by atoms with van der Waals surface area (Å²) in [4.78, 5) is 11.1.